The Morgan fingerprint density at radius 3 is 2.04 bits per heavy atom. The van der Waals surface area contributed by atoms with E-state index in [1.54, 1.807) is 16.4 Å². The zero-order valence-corrected chi connectivity index (χ0v) is 17.0. The first-order valence-electron chi connectivity index (χ1n) is 9.89. The van der Waals surface area contributed by atoms with Gasteiger partial charge < -0.3 is 4.74 Å². The molecule has 1 aromatic rings. The van der Waals surface area contributed by atoms with E-state index in [1.807, 2.05) is 12.1 Å². The predicted molar refractivity (Wildman–Crippen MR) is 104 cm³/mol. The average molecular weight is 392 g/mol. The van der Waals surface area contributed by atoms with Crippen LogP contribution in [0.3, 0.4) is 0 Å². The second-order valence-corrected chi connectivity index (χ2v) is 11.1. The number of rotatable bonds is 6. The van der Waals surface area contributed by atoms with Crippen LogP contribution >= 0.6 is 0 Å². The highest BCUT2D eigenvalue weighted by molar-refractivity contribution is 7.88. The van der Waals surface area contributed by atoms with Crippen LogP contribution in [0, 0.1) is 23.2 Å². The third-order valence-corrected chi connectivity index (χ3v) is 8.08. The van der Waals surface area contributed by atoms with Gasteiger partial charge in [-0.25, -0.2) is 13.2 Å². The maximum absolute atomic E-state index is 12.5. The van der Waals surface area contributed by atoms with Crippen LogP contribution in [0.1, 0.15) is 54.4 Å². The molecule has 5 nitrogen and oxygen atoms in total. The number of benzene rings is 1. The standard InChI is InChI=1S/C21H29NO4S/c1-26-20(23)19-5-3-15(4-6-19)13-22(27(2,24)25)14-21-10-16-7-17(11-21)9-18(8-16)12-21/h3-6,16-18H,7-14H2,1-2H3. The van der Waals surface area contributed by atoms with E-state index in [1.165, 1.54) is 51.9 Å². The number of carbonyl (C=O) groups is 1. The molecule has 0 amide bonds. The molecule has 6 heteroatoms. The summed E-state index contributed by atoms with van der Waals surface area (Å²) in [5.74, 6) is 2.03. The molecule has 0 unspecified atom stereocenters. The van der Waals surface area contributed by atoms with Crippen molar-refractivity contribution in [2.45, 2.75) is 45.1 Å². The topological polar surface area (TPSA) is 63.7 Å². The van der Waals surface area contributed by atoms with Crippen molar-refractivity contribution in [2.24, 2.45) is 23.2 Å². The Bertz CT molecular complexity index is 780. The van der Waals surface area contributed by atoms with Gasteiger partial charge >= 0.3 is 5.97 Å². The molecule has 5 rings (SSSR count). The van der Waals surface area contributed by atoms with E-state index in [0.717, 1.165) is 23.3 Å². The van der Waals surface area contributed by atoms with Crippen LogP contribution in [-0.2, 0) is 21.3 Å². The van der Waals surface area contributed by atoms with Gasteiger partial charge in [0.2, 0.25) is 10.0 Å². The third-order valence-electron chi connectivity index (χ3n) is 6.88. The molecule has 27 heavy (non-hydrogen) atoms. The zero-order valence-electron chi connectivity index (χ0n) is 16.2. The fourth-order valence-electron chi connectivity index (χ4n) is 6.22. The molecule has 4 bridgehead atoms. The SMILES string of the molecule is COC(=O)c1ccc(CN(CC23CC4CC(CC(C4)C2)C3)S(C)(=O)=O)cc1. The number of hydrogen-bond donors (Lipinski definition) is 0. The van der Waals surface area contributed by atoms with Gasteiger partial charge in [0, 0.05) is 13.1 Å². The van der Waals surface area contributed by atoms with Gasteiger partial charge in [-0.05, 0) is 79.4 Å². The summed E-state index contributed by atoms with van der Waals surface area (Å²) >= 11 is 0. The van der Waals surface area contributed by atoms with E-state index in [2.05, 4.69) is 0 Å². The van der Waals surface area contributed by atoms with Crippen molar-refractivity contribution < 1.29 is 17.9 Å². The van der Waals surface area contributed by atoms with Crippen LogP contribution in [0.25, 0.3) is 0 Å². The molecule has 0 aromatic heterocycles. The van der Waals surface area contributed by atoms with Crippen LogP contribution in [0.4, 0.5) is 0 Å². The molecular weight excluding hydrogens is 362 g/mol. The van der Waals surface area contributed by atoms with Gasteiger partial charge in [0.1, 0.15) is 0 Å². The second-order valence-electron chi connectivity index (χ2n) is 9.14. The number of sulfonamides is 1. The summed E-state index contributed by atoms with van der Waals surface area (Å²) in [4.78, 5) is 11.6. The Labute approximate surface area is 162 Å². The molecule has 4 aliphatic rings. The summed E-state index contributed by atoms with van der Waals surface area (Å²) < 4.78 is 31.5. The zero-order chi connectivity index (χ0) is 19.2. The molecule has 4 aliphatic carbocycles. The fourth-order valence-corrected chi connectivity index (χ4v) is 7.11. The van der Waals surface area contributed by atoms with Gasteiger partial charge in [0.25, 0.3) is 0 Å². The number of nitrogens with zero attached hydrogens (tertiary/aromatic N) is 1. The highest BCUT2D eigenvalue weighted by atomic mass is 32.2. The molecular formula is C21H29NO4S. The molecule has 0 atom stereocenters. The van der Waals surface area contributed by atoms with Crippen molar-refractivity contribution in [1.29, 1.82) is 0 Å². The molecule has 4 fully saturated rings. The molecule has 148 valence electrons. The van der Waals surface area contributed by atoms with Crippen molar-refractivity contribution >= 4 is 16.0 Å². The van der Waals surface area contributed by atoms with Crippen LogP contribution in [-0.4, -0.2) is 38.6 Å². The van der Waals surface area contributed by atoms with E-state index >= 15 is 0 Å². The van der Waals surface area contributed by atoms with Gasteiger partial charge in [0.15, 0.2) is 0 Å². The Kier molecular flexibility index (Phi) is 4.83. The molecule has 0 heterocycles. The molecule has 0 radical (unpaired) electrons. The highest BCUT2D eigenvalue weighted by Crippen LogP contribution is 2.60. The highest BCUT2D eigenvalue weighted by Gasteiger charge is 2.51. The Morgan fingerprint density at radius 1 is 1.07 bits per heavy atom. The third kappa shape index (κ3) is 3.92. The molecule has 0 saturated heterocycles. The molecule has 1 aromatic carbocycles. The summed E-state index contributed by atoms with van der Waals surface area (Å²) in [6.07, 6.45) is 8.94. The van der Waals surface area contributed by atoms with Crippen LogP contribution in [0.2, 0.25) is 0 Å². The first kappa shape index (κ1) is 18.9. The smallest absolute Gasteiger partial charge is 0.337 e. The van der Waals surface area contributed by atoms with Crippen molar-refractivity contribution in [1.82, 2.24) is 4.31 Å². The molecule has 4 saturated carbocycles. The van der Waals surface area contributed by atoms with E-state index in [0.29, 0.717) is 18.7 Å². The lowest BCUT2D eigenvalue weighted by Gasteiger charge is -2.57. The minimum atomic E-state index is -3.30. The van der Waals surface area contributed by atoms with Crippen molar-refractivity contribution in [3.8, 4) is 0 Å². The number of carbonyl (C=O) groups excluding carboxylic acids is 1. The first-order valence-corrected chi connectivity index (χ1v) is 11.7. The number of ether oxygens (including phenoxy) is 1. The predicted octanol–water partition coefficient (Wildman–Crippen LogP) is 3.45. The molecule has 0 aliphatic heterocycles. The lowest BCUT2D eigenvalue weighted by Crippen LogP contribution is -2.51. The first-order chi connectivity index (χ1) is 12.8. The normalized spacial score (nSPS) is 32.0. The quantitative estimate of drug-likeness (QED) is 0.697. The second kappa shape index (κ2) is 6.89. The fraction of sp³-hybridized carbons (Fsp3) is 0.667. The van der Waals surface area contributed by atoms with Gasteiger partial charge in [-0.1, -0.05) is 12.1 Å². The van der Waals surface area contributed by atoms with Crippen molar-refractivity contribution in [3.63, 3.8) is 0 Å². The van der Waals surface area contributed by atoms with Crippen LogP contribution < -0.4 is 0 Å². The molecule has 0 N–H and O–H groups in total. The van der Waals surface area contributed by atoms with Crippen molar-refractivity contribution in [3.05, 3.63) is 35.4 Å². The Balaban J connectivity index is 1.52. The summed E-state index contributed by atoms with van der Waals surface area (Å²) in [6, 6.07) is 7.05. The maximum Gasteiger partial charge on any atom is 0.337 e. The largest absolute Gasteiger partial charge is 0.465 e. The van der Waals surface area contributed by atoms with E-state index in [9.17, 15) is 13.2 Å². The van der Waals surface area contributed by atoms with E-state index in [4.69, 9.17) is 4.74 Å². The lowest BCUT2D eigenvalue weighted by atomic mass is 9.49. The van der Waals surface area contributed by atoms with Gasteiger partial charge in [0.05, 0.1) is 18.9 Å². The molecule has 0 spiro atoms. The Morgan fingerprint density at radius 2 is 1.59 bits per heavy atom. The van der Waals surface area contributed by atoms with Gasteiger partial charge in [-0.15, -0.1) is 0 Å². The Hall–Kier alpha value is -1.40. The van der Waals surface area contributed by atoms with E-state index < -0.39 is 10.0 Å². The minimum absolute atomic E-state index is 0.170. The van der Waals surface area contributed by atoms with Gasteiger partial charge in [-0.2, -0.15) is 4.31 Å². The van der Waals surface area contributed by atoms with Crippen LogP contribution in [0.5, 0.6) is 0 Å². The van der Waals surface area contributed by atoms with E-state index in [-0.39, 0.29) is 11.4 Å². The lowest BCUT2D eigenvalue weighted by molar-refractivity contribution is -0.0607. The number of methoxy groups -OCH3 is 1. The van der Waals surface area contributed by atoms with Crippen molar-refractivity contribution in [2.75, 3.05) is 19.9 Å². The summed E-state index contributed by atoms with van der Waals surface area (Å²) in [5, 5.41) is 0. The minimum Gasteiger partial charge on any atom is -0.465 e. The summed E-state index contributed by atoms with van der Waals surface area (Å²) in [7, 11) is -1.94. The summed E-state index contributed by atoms with van der Waals surface area (Å²) in [6.45, 7) is 0.996. The monoisotopic (exact) mass is 391 g/mol. The van der Waals surface area contributed by atoms with Crippen LogP contribution in [0.15, 0.2) is 24.3 Å². The number of hydrogen-bond acceptors (Lipinski definition) is 4. The van der Waals surface area contributed by atoms with Gasteiger partial charge in [-0.3, -0.25) is 0 Å². The summed E-state index contributed by atoms with van der Waals surface area (Å²) in [5.41, 5.74) is 1.55. The average Bonchev–Trinajstić information content (AvgIpc) is 2.59. The maximum atomic E-state index is 12.5. The number of esters is 1.